The standard InChI is InChI=1S/C29H36N6O7S/c1-17(2)15-22(36)29(4,5)34-25(38)24-18(3)26(35-30-12-13-31-35)43-27(24)33(28(34)39)16-21(42-14-11-23(37)32-40)19-9-7-8-10-20(19)41-6/h7-10,12-13,17,21,40H,11,14-16H2,1-6H3,(H,32,37)/t21-/m0/s1. The average molecular weight is 613 g/mol. The highest BCUT2D eigenvalue weighted by Gasteiger charge is 2.36. The van der Waals surface area contributed by atoms with Gasteiger partial charge in [-0.15, -0.1) is 4.80 Å². The quantitative estimate of drug-likeness (QED) is 0.171. The van der Waals surface area contributed by atoms with E-state index >= 15 is 0 Å². The first kappa shape index (κ1) is 31.8. The first-order chi connectivity index (χ1) is 20.4. The highest BCUT2D eigenvalue weighted by molar-refractivity contribution is 7.21. The second-order valence-electron chi connectivity index (χ2n) is 11.0. The van der Waals surface area contributed by atoms with Crippen LogP contribution in [0.15, 0.2) is 46.2 Å². The molecule has 2 N–H and O–H groups in total. The van der Waals surface area contributed by atoms with Crippen molar-refractivity contribution in [3.05, 3.63) is 68.6 Å². The normalized spacial score (nSPS) is 12.6. The van der Waals surface area contributed by atoms with Crippen LogP contribution in [-0.2, 0) is 26.4 Å². The number of carbonyl (C=O) groups excluding carboxylic acids is 2. The monoisotopic (exact) mass is 612 g/mol. The van der Waals surface area contributed by atoms with Crippen molar-refractivity contribution in [2.75, 3.05) is 13.7 Å². The number of methoxy groups -OCH3 is 1. The Bertz CT molecular complexity index is 1740. The Balaban J connectivity index is 1.98. The number of ether oxygens (including phenoxy) is 2. The predicted octanol–water partition coefficient (Wildman–Crippen LogP) is 3.13. The number of amides is 1. The summed E-state index contributed by atoms with van der Waals surface area (Å²) >= 11 is 1.17. The molecule has 0 fully saturated rings. The number of benzene rings is 1. The third-order valence-electron chi connectivity index (χ3n) is 7.23. The van der Waals surface area contributed by atoms with Gasteiger partial charge in [0.2, 0.25) is 5.91 Å². The van der Waals surface area contributed by atoms with E-state index in [1.165, 1.54) is 40.2 Å². The summed E-state index contributed by atoms with van der Waals surface area (Å²) < 4.78 is 14.1. The predicted molar refractivity (Wildman–Crippen MR) is 160 cm³/mol. The molecule has 0 unspecified atom stereocenters. The van der Waals surface area contributed by atoms with Gasteiger partial charge in [-0.2, -0.15) is 10.2 Å². The van der Waals surface area contributed by atoms with E-state index in [1.807, 2.05) is 13.8 Å². The van der Waals surface area contributed by atoms with E-state index in [4.69, 9.17) is 14.7 Å². The lowest BCUT2D eigenvalue weighted by molar-refractivity contribution is -0.131. The Labute approximate surface area is 251 Å². The fourth-order valence-corrected chi connectivity index (χ4v) is 6.15. The zero-order valence-electron chi connectivity index (χ0n) is 25.0. The molecular weight excluding hydrogens is 576 g/mol. The maximum Gasteiger partial charge on any atom is 0.333 e. The Morgan fingerprint density at radius 2 is 1.81 bits per heavy atom. The molecule has 43 heavy (non-hydrogen) atoms. The highest BCUT2D eigenvalue weighted by atomic mass is 32.1. The van der Waals surface area contributed by atoms with Gasteiger partial charge >= 0.3 is 5.69 Å². The number of ketones is 1. The number of hydrogen-bond acceptors (Lipinski definition) is 10. The summed E-state index contributed by atoms with van der Waals surface area (Å²) in [5.41, 5.74) is 0.0232. The Kier molecular flexibility index (Phi) is 9.62. The van der Waals surface area contributed by atoms with E-state index in [0.29, 0.717) is 26.7 Å². The van der Waals surface area contributed by atoms with Crippen LogP contribution >= 0.6 is 11.3 Å². The van der Waals surface area contributed by atoms with Crippen molar-refractivity contribution in [2.45, 2.75) is 65.6 Å². The molecule has 230 valence electrons. The van der Waals surface area contributed by atoms with Gasteiger partial charge in [0, 0.05) is 17.5 Å². The summed E-state index contributed by atoms with van der Waals surface area (Å²) in [7, 11) is 1.51. The van der Waals surface area contributed by atoms with Crippen LogP contribution in [0.2, 0.25) is 0 Å². The molecule has 1 amide bonds. The lowest BCUT2D eigenvalue weighted by Gasteiger charge is -2.28. The van der Waals surface area contributed by atoms with Crippen LogP contribution in [0.25, 0.3) is 15.2 Å². The van der Waals surface area contributed by atoms with E-state index in [-0.39, 0.29) is 43.1 Å². The summed E-state index contributed by atoms with van der Waals surface area (Å²) in [5, 5.41) is 18.2. The van der Waals surface area contributed by atoms with Gasteiger partial charge in [0.25, 0.3) is 5.56 Å². The number of fused-ring (bicyclic) bond motifs is 1. The third-order valence-corrected chi connectivity index (χ3v) is 8.51. The zero-order valence-corrected chi connectivity index (χ0v) is 25.8. The van der Waals surface area contributed by atoms with Gasteiger partial charge in [-0.05, 0) is 32.8 Å². The van der Waals surface area contributed by atoms with Crippen molar-refractivity contribution in [3.8, 4) is 10.8 Å². The number of nitrogens with one attached hydrogen (secondary N) is 1. The second kappa shape index (κ2) is 13.0. The number of nitrogens with zero attached hydrogens (tertiary/aromatic N) is 5. The number of para-hydroxylation sites is 1. The van der Waals surface area contributed by atoms with Crippen molar-refractivity contribution in [2.24, 2.45) is 5.92 Å². The van der Waals surface area contributed by atoms with Crippen molar-refractivity contribution < 1.29 is 24.3 Å². The fraction of sp³-hybridized carbons (Fsp3) is 0.448. The molecule has 1 atom stereocenters. The second-order valence-corrected chi connectivity index (χ2v) is 12.0. The lowest BCUT2D eigenvalue weighted by Crippen LogP contribution is -2.53. The fourth-order valence-electron chi connectivity index (χ4n) is 4.93. The van der Waals surface area contributed by atoms with Crippen LogP contribution in [0, 0.1) is 12.8 Å². The molecule has 0 spiro atoms. The maximum atomic E-state index is 14.4. The van der Waals surface area contributed by atoms with Crippen LogP contribution in [0.4, 0.5) is 0 Å². The van der Waals surface area contributed by atoms with Crippen LogP contribution < -0.4 is 21.5 Å². The van der Waals surface area contributed by atoms with Gasteiger partial charge in [-0.1, -0.05) is 43.4 Å². The molecule has 4 rings (SSSR count). The lowest BCUT2D eigenvalue weighted by atomic mass is 9.91. The molecule has 1 aromatic carbocycles. The Morgan fingerprint density at radius 1 is 1.14 bits per heavy atom. The van der Waals surface area contributed by atoms with Crippen LogP contribution in [0.5, 0.6) is 5.75 Å². The van der Waals surface area contributed by atoms with E-state index in [1.54, 1.807) is 50.5 Å². The van der Waals surface area contributed by atoms with E-state index < -0.39 is 28.8 Å². The van der Waals surface area contributed by atoms with Crippen molar-refractivity contribution in [1.29, 1.82) is 0 Å². The molecule has 0 aliphatic heterocycles. The number of hydrogen-bond donors (Lipinski definition) is 2. The minimum absolute atomic E-state index is 0.0215. The number of aromatic nitrogens is 5. The molecule has 0 radical (unpaired) electrons. The largest absolute Gasteiger partial charge is 0.496 e. The number of rotatable bonds is 13. The Morgan fingerprint density at radius 3 is 2.44 bits per heavy atom. The zero-order chi connectivity index (χ0) is 31.5. The summed E-state index contributed by atoms with van der Waals surface area (Å²) in [6, 6.07) is 7.11. The summed E-state index contributed by atoms with van der Waals surface area (Å²) in [4.78, 5) is 55.4. The molecule has 3 aromatic heterocycles. The number of carbonyl (C=O) groups is 2. The van der Waals surface area contributed by atoms with Crippen molar-refractivity contribution in [1.82, 2.24) is 29.6 Å². The molecule has 0 aliphatic carbocycles. The molecule has 0 saturated carbocycles. The first-order valence-corrected chi connectivity index (χ1v) is 14.6. The van der Waals surface area contributed by atoms with Crippen LogP contribution in [0.1, 0.15) is 57.8 Å². The molecule has 14 heteroatoms. The SMILES string of the molecule is COc1ccccc1[C@H](Cn1c(=O)n(C(C)(C)C(=O)CC(C)C)c(=O)c2c(C)c(-n3nccn3)sc21)OCCC(=O)NO. The van der Waals surface area contributed by atoms with Crippen molar-refractivity contribution in [3.63, 3.8) is 0 Å². The van der Waals surface area contributed by atoms with Gasteiger partial charge in [-0.25, -0.2) is 14.8 Å². The number of hydroxylamine groups is 1. The van der Waals surface area contributed by atoms with E-state index in [2.05, 4.69) is 10.2 Å². The maximum absolute atomic E-state index is 14.4. The third kappa shape index (κ3) is 6.31. The van der Waals surface area contributed by atoms with Crippen LogP contribution in [0.3, 0.4) is 0 Å². The Hall–Kier alpha value is -4.14. The minimum Gasteiger partial charge on any atom is -0.496 e. The van der Waals surface area contributed by atoms with E-state index in [0.717, 1.165) is 4.57 Å². The average Bonchev–Trinajstić information content (AvgIpc) is 3.62. The summed E-state index contributed by atoms with van der Waals surface area (Å²) in [6.45, 7) is 8.54. The van der Waals surface area contributed by atoms with Crippen LogP contribution in [-0.4, -0.2) is 54.7 Å². The molecule has 4 aromatic rings. The molecule has 13 nitrogen and oxygen atoms in total. The number of aryl methyl sites for hydroxylation is 1. The molecule has 3 heterocycles. The van der Waals surface area contributed by atoms with Gasteiger partial charge < -0.3 is 9.47 Å². The highest BCUT2D eigenvalue weighted by Crippen LogP contribution is 2.34. The summed E-state index contributed by atoms with van der Waals surface area (Å²) in [5.74, 6) is -0.370. The van der Waals surface area contributed by atoms with Gasteiger partial charge in [0.1, 0.15) is 27.2 Å². The number of Topliss-reactive ketones (excluding diaryl/α,β-unsaturated/α-hetero) is 1. The van der Waals surface area contributed by atoms with Crippen molar-refractivity contribution >= 4 is 33.2 Å². The minimum atomic E-state index is -1.45. The summed E-state index contributed by atoms with van der Waals surface area (Å²) in [6.07, 6.45) is 2.24. The molecule has 0 aliphatic rings. The topological polar surface area (TPSA) is 160 Å². The van der Waals surface area contributed by atoms with E-state index in [9.17, 15) is 19.2 Å². The van der Waals surface area contributed by atoms with Gasteiger partial charge in [-0.3, -0.25) is 24.2 Å². The molecular formula is C29H36N6O7S. The smallest absolute Gasteiger partial charge is 0.333 e. The first-order valence-electron chi connectivity index (χ1n) is 13.8. The van der Waals surface area contributed by atoms with Gasteiger partial charge in [0.05, 0.1) is 44.5 Å². The molecule has 0 saturated heterocycles. The van der Waals surface area contributed by atoms with Gasteiger partial charge in [0.15, 0.2) is 5.78 Å². The number of thiophene rings is 1. The molecule has 0 bridgehead atoms.